The van der Waals surface area contributed by atoms with E-state index in [2.05, 4.69) is 4.98 Å². The molecule has 0 amide bonds. The summed E-state index contributed by atoms with van der Waals surface area (Å²) in [6.07, 6.45) is 1.60. The van der Waals surface area contributed by atoms with E-state index < -0.39 is 0 Å². The van der Waals surface area contributed by atoms with Crippen LogP contribution in [-0.2, 0) is 0 Å². The minimum Gasteiger partial charge on any atom is -0.497 e. The molecule has 0 saturated heterocycles. The Hall–Kier alpha value is -3.21. The molecule has 25 heavy (non-hydrogen) atoms. The van der Waals surface area contributed by atoms with Crippen LogP contribution in [0.4, 0.5) is 0 Å². The lowest BCUT2D eigenvalue weighted by atomic mass is 10.0. The van der Waals surface area contributed by atoms with Crippen LogP contribution in [-0.4, -0.2) is 12.1 Å². The number of H-pyrrole nitrogens is 1. The van der Waals surface area contributed by atoms with Crippen molar-refractivity contribution in [2.24, 2.45) is 0 Å². The van der Waals surface area contributed by atoms with Gasteiger partial charge in [0.05, 0.1) is 12.8 Å². The summed E-state index contributed by atoms with van der Waals surface area (Å²) in [5.74, 6) is 0.755. The highest BCUT2D eigenvalue weighted by atomic mass is 35.5. The summed E-state index contributed by atoms with van der Waals surface area (Å²) in [4.78, 5) is 3.35. The second kappa shape index (κ2) is 6.73. The molecule has 1 N–H and O–H groups in total. The van der Waals surface area contributed by atoms with Gasteiger partial charge in [0.2, 0.25) is 0 Å². The van der Waals surface area contributed by atoms with Gasteiger partial charge in [0.15, 0.2) is 0 Å². The van der Waals surface area contributed by atoms with Crippen LogP contribution in [0, 0.1) is 29.6 Å². The van der Waals surface area contributed by atoms with E-state index in [1.807, 2.05) is 55.5 Å². The summed E-state index contributed by atoms with van der Waals surface area (Å²) in [7, 11) is 1.61. The molecular weight excluding hydrogens is 334 g/mol. The molecule has 2 aromatic carbocycles. The van der Waals surface area contributed by atoms with Crippen LogP contribution >= 0.6 is 11.6 Å². The third-order valence-electron chi connectivity index (χ3n) is 4.03. The highest BCUT2D eigenvalue weighted by molar-refractivity contribution is 6.32. The predicted molar refractivity (Wildman–Crippen MR) is 99.2 cm³/mol. The number of nitriles is 2. The molecule has 1 heterocycles. The van der Waals surface area contributed by atoms with Crippen molar-refractivity contribution in [3.05, 3.63) is 58.1 Å². The second-order valence-electron chi connectivity index (χ2n) is 5.57. The molecule has 1 aromatic heterocycles. The van der Waals surface area contributed by atoms with E-state index >= 15 is 0 Å². The number of ether oxygens (including phenoxy) is 1. The Balaban J connectivity index is 2.31. The van der Waals surface area contributed by atoms with Crippen LogP contribution in [0.15, 0.2) is 42.0 Å². The molecule has 0 saturated carbocycles. The van der Waals surface area contributed by atoms with E-state index in [4.69, 9.17) is 26.9 Å². The second-order valence-corrected chi connectivity index (χ2v) is 5.98. The number of fused-ring (bicyclic) bond motifs is 1. The van der Waals surface area contributed by atoms with Crippen molar-refractivity contribution in [2.45, 2.75) is 6.92 Å². The van der Waals surface area contributed by atoms with Gasteiger partial charge in [0.1, 0.15) is 23.5 Å². The first-order chi connectivity index (χ1) is 12.1. The standard InChI is InChI=1S/C20H14ClN3O/c1-12-7-16-17(8-13(10-22)11-23)20(24-19(16)9-18(12)21)14-3-5-15(25-2)6-4-14/h3-9,24H,1-2H3. The third-order valence-corrected chi connectivity index (χ3v) is 4.43. The molecule has 0 spiro atoms. The molecule has 4 nitrogen and oxygen atoms in total. The van der Waals surface area contributed by atoms with Gasteiger partial charge in [0.25, 0.3) is 0 Å². The molecular formula is C20H14ClN3O. The van der Waals surface area contributed by atoms with E-state index in [1.165, 1.54) is 0 Å². The summed E-state index contributed by atoms with van der Waals surface area (Å²) >= 11 is 6.24. The number of hydrogen-bond donors (Lipinski definition) is 1. The van der Waals surface area contributed by atoms with Crippen molar-refractivity contribution >= 4 is 28.6 Å². The lowest BCUT2D eigenvalue weighted by Crippen LogP contribution is -1.85. The Morgan fingerprint density at radius 3 is 2.44 bits per heavy atom. The molecule has 5 heteroatoms. The first-order valence-corrected chi connectivity index (χ1v) is 7.93. The molecule has 0 aliphatic carbocycles. The molecule has 3 aromatic rings. The van der Waals surface area contributed by atoms with Crippen molar-refractivity contribution in [3.8, 4) is 29.1 Å². The van der Waals surface area contributed by atoms with Crippen molar-refractivity contribution in [3.63, 3.8) is 0 Å². The zero-order valence-electron chi connectivity index (χ0n) is 13.7. The molecule has 0 unspecified atom stereocenters. The highest BCUT2D eigenvalue weighted by Crippen LogP contribution is 2.35. The van der Waals surface area contributed by atoms with Crippen LogP contribution in [0.5, 0.6) is 5.75 Å². The zero-order chi connectivity index (χ0) is 18.0. The van der Waals surface area contributed by atoms with Gasteiger partial charge in [-0.2, -0.15) is 10.5 Å². The molecule has 0 atom stereocenters. The number of aryl methyl sites for hydroxylation is 1. The number of allylic oxidation sites excluding steroid dienone is 1. The van der Waals surface area contributed by atoms with Gasteiger partial charge >= 0.3 is 0 Å². The summed E-state index contributed by atoms with van der Waals surface area (Å²) in [5.41, 5.74) is 4.36. The fraction of sp³-hybridized carbons (Fsp3) is 0.100. The zero-order valence-corrected chi connectivity index (χ0v) is 14.5. The number of benzene rings is 2. The van der Waals surface area contributed by atoms with Gasteiger partial charge in [-0.3, -0.25) is 0 Å². The molecule has 0 aliphatic heterocycles. The Bertz CT molecular complexity index is 1050. The lowest BCUT2D eigenvalue weighted by Gasteiger charge is -2.04. The summed E-state index contributed by atoms with van der Waals surface area (Å²) in [6.45, 7) is 1.92. The Morgan fingerprint density at radius 2 is 1.84 bits per heavy atom. The molecule has 0 bridgehead atoms. The number of methoxy groups -OCH3 is 1. The predicted octanol–water partition coefficient (Wildman–Crippen LogP) is 5.24. The number of aromatic nitrogens is 1. The monoisotopic (exact) mass is 347 g/mol. The Labute approximate surface area is 150 Å². The normalized spacial score (nSPS) is 10.1. The molecule has 0 fully saturated rings. The topological polar surface area (TPSA) is 72.6 Å². The summed E-state index contributed by atoms with van der Waals surface area (Å²) in [6, 6.07) is 15.2. The number of aromatic amines is 1. The maximum atomic E-state index is 9.14. The largest absolute Gasteiger partial charge is 0.497 e. The first-order valence-electron chi connectivity index (χ1n) is 7.55. The average Bonchev–Trinajstić information content (AvgIpc) is 2.97. The highest BCUT2D eigenvalue weighted by Gasteiger charge is 2.14. The van der Waals surface area contributed by atoms with Crippen molar-refractivity contribution in [1.82, 2.24) is 4.98 Å². The molecule has 0 radical (unpaired) electrons. The molecule has 122 valence electrons. The fourth-order valence-electron chi connectivity index (χ4n) is 2.71. The first kappa shape index (κ1) is 16.6. The number of nitrogens with zero attached hydrogens (tertiary/aromatic N) is 2. The van der Waals surface area contributed by atoms with Crippen LogP contribution in [0.2, 0.25) is 5.02 Å². The minimum atomic E-state index is 0.0447. The van der Waals surface area contributed by atoms with Gasteiger partial charge in [-0.25, -0.2) is 0 Å². The Kier molecular flexibility index (Phi) is 4.48. The van der Waals surface area contributed by atoms with Crippen LogP contribution < -0.4 is 4.74 Å². The quantitative estimate of drug-likeness (QED) is 0.659. The van der Waals surface area contributed by atoms with Crippen LogP contribution in [0.1, 0.15) is 11.1 Å². The van der Waals surface area contributed by atoms with Crippen molar-refractivity contribution in [1.29, 1.82) is 10.5 Å². The lowest BCUT2D eigenvalue weighted by molar-refractivity contribution is 0.415. The van der Waals surface area contributed by atoms with Crippen LogP contribution in [0.25, 0.3) is 28.2 Å². The van der Waals surface area contributed by atoms with Crippen LogP contribution in [0.3, 0.4) is 0 Å². The third kappa shape index (κ3) is 3.08. The van der Waals surface area contributed by atoms with E-state index in [1.54, 1.807) is 13.2 Å². The maximum absolute atomic E-state index is 9.14. The van der Waals surface area contributed by atoms with Gasteiger partial charge < -0.3 is 9.72 Å². The van der Waals surface area contributed by atoms with Crippen molar-refractivity contribution < 1.29 is 4.74 Å². The number of rotatable bonds is 3. The molecule has 3 rings (SSSR count). The average molecular weight is 348 g/mol. The van der Waals surface area contributed by atoms with Gasteiger partial charge in [0, 0.05) is 21.5 Å². The minimum absolute atomic E-state index is 0.0447. The maximum Gasteiger partial charge on any atom is 0.130 e. The van der Waals surface area contributed by atoms with Gasteiger partial charge in [-0.15, -0.1) is 0 Å². The van der Waals surface area contributed by atoms with E-state index in [-0.39, 0.29) is 5.57 Å². The summed E-state index contributed by atoms with van der Waals surface area (Å²) < 4.78 is 5.20. The fourth-order valence-corrected chi connectivity index (χ4v) is 2.88. The summed E-state index contributed by atoms with van der Waals surface area (Å²) in [5, 5.41) is 19.8. The number of halogens is 1. The van der Waals surface area contributed by atoms with Crippen molar-refractivity contribution in [2.75, 3.05) is 7.11 Å². The van der Waals surface area contributed by atoms with Gasteiger partial charge in [-0.05, 0) is 60.5 Å². The molecule has 0 aliphatic rings. The van der Waals surface area contributed by atoms with E-state index in [0.717, 1.165) is 39.0 Å². The van der Waals surface area contributed by atoms with E-state index in [9.17, 15) is 0 Å². The number of hydrogen-bond acceptors (Lipinski definition) is 3. The Morgan fingerprint density at radius 1 is 1.16 bits per heavy atom. The SMILES string of the molecule is COc1ccc(-c2[nH]c3cc(Cl)c(C)cc3c2C=C(C#N)C#N)cc1. The van der Waals surface area contributed by atoms with E-state index in [0.29, 0.717) is 5.02 Å². The van der Waals surface area contributed by atoms with Gasteiger partial charge in [-0.1, -0.05) is 11.6 Å². The smallest absolute Gasteiger partial charge is 0.130 e. The number of nitrogens with one attached hydrogen (secondary N) is 1.